The van der Waals surface area contributed by atoms with Gasteiger partial charge >= 0.3 is 0 Å². The van der Waals surface area contributed by atoms with Crippen LogP contribution in [0.4, 0.5) is 5.69 Å². The minimum atomic E-state index is -0.483. The molecule has 0 aliphatic heterocycles. The fourth-order valence-electron chi connectivity index (χ4n) is 2.44. The number of carbonyl (C=O) groups excluding carboxylic acids is 3. The molecule has 1 aliphatic rings. The van der Waals surface area contributed by atoms with Crippen LogP contribution in [-0.4, -0.2) is 60.3 Å². The first-order valence-corrected chi connectivity index (χ1v) is 9.38. The number of hydrogen-bond acceptors (Lipinski definition) is 7. The Morgan fingerprint density at radius 2 is 2.00 bits per heavy atom. The Labute approximate surface area is 165 Å². The maximum Gasteiger partial charge on any atom is 0.284 e. The first-order chi connectivity index (χ1) is 12.8. The molecule has 0 radical (unpaired) electrons. The van der Waals surface area contributed by atoms with E-state index in [2.05, 4.69) is 15.3 Å². The third-order valence-corrected chi connectivity index (χ3v) is 5.18. The zero-order valence-corrected chi connectivity index (χ0v) is 16.4. The number of nitrogens with one attached hydrogen (secondary N) is 1. The van der Waals surface area contributed by atoms with Crippen molar-refractivity contribution in [1.82, 2.24) is 9.88 Å². The molecule has 2 aromatic rings. The van der Waals surface area contributed by atoms with Crippen LogP contribution >= 0.6 is 22.9 Å². The van der Waals surface area contributed by atoms with Crippen LogP contribution in [0.2, 0.25) is 5.02 Å². The van der Waals surface area contributed by atoms with Gasteiger partial charge in [-0.15, -0.1) is 11.3 Å². The molecule has 0 atom stereocenters. The molecule has 1 amide bonds. The van der Waals surface area contributed by atoms with E-state index in [-0.39, 0.29) is 39.3 Å². The number of hydrogen-bond donors (Lipinski definition) is 1. The summed E-state index contributed by atoms with van der Waals surface area (Å²) in [6.45, 7) is 1.09. The summed E-state index contributed by atoms with van der Waals surface area (Å²) >= 11 is 6.75. The van der Waals surface area contributed by atoms with Gasteiger partial charge in [0.05, 0.1) is 18.7 Å². The Hall–Kier alpha value is -2.42. The highest BCUT2D eigenvalue weighted by atomic mass is 35.5. The van der Waals surface area contributed by atoms with Crippen LogP contribution in [0.3, 0.4) is 0 Å². The molecule has 1 heterocycles. The van der Waals surface area contributed by atoms with Crippen molar-refractivity contribution in [3.8, 4) is 0 Å². The van der Waals surface area contributed by atoms with Crippen LogP contribution in [-0.2, 0) is 0 Å². The van der Waals surface area contributed by atoms with Crippen LogP contribution in [0.15, 0.2) is 29.3 Å². The molecule has 0 bridgehead atoms. The van der Waals surface area contributed by atoms with Gasteiger partial charge in [0.15, 0.2) is 10.8 Å². The molecule has 1 aromatic carbocycles. The number of fused-ring (bicyclic) bond motifs is 1. The molecule has 0 spiro atoms. The smallest absolute Gasteiger partial charge is 0.284 e. The first kappa shape index (κ1) is 19.3. The summed E-state index contributed by atoms with van der Waals surface area (Å²) in [6, 6.07) is 6.60. The van der Waals surface area contributed by atoms with Gasteiger partial charge in [0, 0.05) is 17.3 Å². The van der Waals surface area contributed by atoms with Gasteiger partial charge in [-0.05, 0) is 38.4 Å². The lowest BCUT2D eigenvalue weighted by atomic mass is 9.98. The van der Waals surface area contributed by atoms with E-state index in [1.807, 2.05) is 19.0 Å². The van der Waals surface area contributed by atoms with Crippen molar-refractivity contribution >= 4 is 51.8 Å². The van der Waals surface area contributed by atoms with Gasteiger partial charge in [-0.2, -0.15) is 0 Å². The van der Waals surface area contributed by atoms with E-state index < -0.39 is 5.91 Å². The zero-order chi connectivity index (χ0) is 19.6. The largest absolute Gasteiger partial charge is 0.320 e. The molecule has 0 unspecified atom stereocenters. The molecule has 27 heavy (non-hydrogen) atoms. The van der Waals surface area contributed by atoms with Gasteiger partial charge in [0.2, 0.25) is 5.78 Å². The molecule has 1 aromatic heterocycles. The zero-order valence-electron chi connectivity index (χ0n) is 14.8. The standard InChI is InChI=1S/C18H17ClN4O3S/c1-23(2)8-7-20-12-9-13(24)16-14(15(12)25)22-18(27-16)17(26)21-11-5-3-10(19)4-6-11/h3-6H,7-9H2,1-2H3,(H,21,26). The van der Waals surface area contributed by atoms with Crippen molar-refractivity contribution in [1.29, 1.82) is 0 Å². The molecule has 1 aliphatic carbocycles. The number of carbonyl (C=O) groups is 3. The van der Waals surface area contributed by atoms with Crippen LogP contribution in [0.1, 0.15) is 36.4 Å². The number of likely N-dealkylation sites (N-methyl/N-ethyl adjacent to an activating group) is 1. The number of Topliss-reactive ketones (excluding diaryl/α,β-unsaturated/α-hetero) is 2. The number of aliphatic imine (C=N–C) groups is 1. The maximum absolute atomic E-state index is 12.6. The highest BCUT2D eigenvalue weighted by Gasteiger charge is 2.34. The number of rotatable bonds is 5. The van der Waals surface area contributed by atoms with Gasteiger partial charge in [-0.1, -0.05) is 11.6 Å². The number of aromatic nitrogens is 1. The van der Waals surface area contributed by atoms with Gasteiger partial charge < -0.3 is 10.2 Å². The SMILES string of the molecule is CN(C)CCN=C1CC(=O)c2sc(C(=O)Nc3ccc(Cl)cc3)nc2C1=O. The Morgan fingerprint density at radius 1 is 1.30 bits per heavy atom. The lowest BCUT2D eigenvalue weighted by molar-refractivity contribution is 0.0965. The monoisotopic (exact) mass is 404 g/mol. The van der Waals surface area contributed by atoms with Crippen molar-refractivity contribution in [3.05, 3.63) is 44.9 Å². The Bertz CT molecular complexity index is 935. The van der Waals surface area contributed by atoms with Crippen LogP contribution in [0.25, 0.3) is 0 Å². The third-order valence-electron chi connectivity index (χ3n) is 3.83. The topological polar surface area (TPSA) is 91.7 Å². The van der Waals surface area contributed by atoms with Crippen LogP contribution < -0.4 is 5.32 Å². The number of benzene rings is 1. The summed E-state index contributed by atoms with van der Waals surface area (Å²) in [5.41, 5.74) is 0.756. The van der Waals surface area contributed by atoms with Gasteiger partial charge in [-0.3, -0.25) is 19.4 Å². The molecule has 140 valence electrons. The predicted octanol–water partition coefficient (Wildman–Crippen LogP) is 2.82. The van der Waals surface area contributed by atoms with Crippen molar-refractivity contribution in [3.63, 3.8) is 0 Å². The second-order valence-corrected chi connectivity index (χ2v) is 7.65. The van der Waals surface area contributed by atoms with Gasteiger partial charge in [0.1, 0.15) is 10.6 Å². The second kappa shape index (κ2) is 8.08. The second-order valence-electron chi connectivity index (χ2n) is 6.22. The molecular weight excluding hydrogens is 388 g/mol. The Balaban J connectivity index is 1.80. The number of halogens is 1. The molecule has 0 fully saturated rings. The van der Waals surface area contributed by atoms with Gasteiger partial charge in [-0.25, -0.2) is 4.98 Å². The van der Waals surface area contributed by atoms with Gasteiger partial charge in [0.25, 0.3) is 5.91 Å². The molecular formula is C18H17ClN4O3S. The Kier molecular flexibility index (Phi) is 5.79. The lowest BCUT2D eigenvalue weighted by Crippen LogP contribution is -2.27. The summed E-state index contributed by atoms with van der Waals surface area (Å²) < 4.78 is 0. The van der Waals surface area contributed by atoms with E-state index >= 15 is 0 Å². The fourth-order valence-corrected chi connectivity index (χ4v) is 3.46. The molecule has 3 rings (SSSR count). The lowest BCUT2D eigenvalue weighted by Gasteiger charge is -2.11. The minimum Gasteiger partial charge on any atom is -0.320 e. The van der Waals surface area contributed by atoms with E-state index in [0.717, 1.165) is 11.3 Å². The summed E-state index contributed by atoms with van der Waals surface area (Å²) in [6.07, 6.45) is -0.0559. The molecule has 1 N–H and O–H groups in total. The number of amides is 1. The average molecular weight is 405 g/mol. The number of anilines is 1. The molecule has 0 saturated heterocycles. The number of ketones is 2. The molecule has 9 heteroatoms. The van der Waals surface area contributed by atoms with Crippen LogP contribution in [0.5, 0.6) is 0 Å². The van der Waals surface area contributed by atoms with E-state index in [9.17, 15) is 14.4 Å². The summed E-state index contributed by atoms with van der Waals surface area (Å²) in [4.78, 5) is 47.8. The van der Waals surface area contributed by atoms with Crippen molar-refractivity contribution < 1.29 is 14.4 Å². The normalized spacial score (nSPS) is 15.3. The van der Waals surface area contributed by atoms with Crippen molar-refractivity contribution in [2.75, 3.05) is 32.5 Å². The maximum atomic E-state index is 12.6. The van der Waals surface area contributed by atoms with Crippen molar-refractivity contribution in [2.45, 2.75) is 6.42 Å². The highest BCUT2D eigenvalue weighted by molar-refractivity contribution is 7.16. The van der Waals surface area contributed by atoms with E-state index in [4.69, 9.17) is 11.6 Å². The number of thiazole rings is 1. The van der Waals surface area contributed by atoms with E-state index in [1.54, 1.807) is 24.3 Å². The fraction of sp³-hybridized carbons (Fsp3) is 0.278. The summed E-state index contributed by atoms with van der Waals surface area (Å²) in [7, 11) is 3.80. The highest BCUT2D eigenvalue weighted by Crippen LogP contribution is 2.27. The summed E-state index contributed by atoms with van der Waals surface area (Å²) in [5.74, 6) is -1.11. The van der Waals surface area contributed by atoms with E-state index in [0.29, 0.717) is 23.8 Å². The minimum absolute atomic E-state index is 0.0149. The number of nitrogens with zero attached hydrogens (tertiary/aromatic N) is 3. The average Bonchev–Trinajstić information content (AvgIpc) is 3.07. The Morgan fingerprint density at radius 3 is 2.67 bits per heavy atom. The van der Waals surface area contributed by atoms with Crippen LogP contribution in [0, 0.1) is 0 Å². The predicted molar refractivity (Wildman–Crippen MR) is 106 cm³/mol. The molecule has 7 nitrogen and oxygen atoms in total. The first-order valence-electron chi connectivity index (χ1n) is 8.19. The van der Waals surface area contributed by atoms with Crippen molar-refractivity contribution in [2.24, 2.45) is 4.99 Å². The third kappa shape index (κ3) is 4.47. The quantitative estimate of drug-likeness (QED) is 0.827. The summed E-state index contributed by atoms with van der Waals surface area (Å²) in [5, 5.41) is 3.29. The molecule has 0 saturated carbocycles. The van der Waals surface area contributed by atoms with E-state index in [1.165, 1.54) is 0 Å².